The van der Waals surface area contributed by atoms with Crippen LogP contribution in [0.25, 0.3) is 5.69 Å². The molecule has 1 N–H and O–H groups in total. The molecule has 0 aliphatic heterocycles. The predicted octanol–water partition coefficient (Wildman–Crippen LogP) is 4.04. The van der Waals surface area contributed by atoms with E-state index in [1.165, 1.54) is 10.4 Å². The van der Waals surface area contributed by atoms with E-state index in [0.29, 0.717) is 23.7 Å². The summed E-state index contributed by atoms with van der Waals surface area (Å²) in [6.07, 6.45) is 6.80. The number of carbonyl (C=O) groups is 1. The highest BCUT2D eigenvalue weighted by Crippen LogP contribution is 2.30. The van der Waals surface area contributed by atoms with Gasteiger partial charge in [0.05, 0.1) is 29.0 Å². The fourth-order valence-corrected chi connectivity index (χ4v) is 4.53. The van der Waals surface area contributed by atoms with Crippen LogP contribution in [0.15, 0.2) is 61.2 Å². The zero-order valence-corrected chi connectivity index (χ0v) is 19.2. The van der Waals surface area contributed by atoms with E-state index >= 15 is 0 Å². The maximum Gasteiger partial charge on any atom is 0.232 e. The molecule has 0 bridgehead atoms. The molecular weight excluding hydrogens is 459 g/mol. The molecule has 1 amide bonds. The quantitative estimate of drug-likeness (QED) is 0.500. The van der Waals surface area contributed by atoms with Crippen molar-refractivity contribution in [1.82, 2.24) is 14.9 Å². The lowest BCUT2D eigenvalue weighted by molar-refractivity contribution is -0.121. The van der Waals surface area contributed by atoms with E-state index in [4.69, 9.17) is 23.2 Å². The molecule has 0 aliphatic rings. The van der Waals surface area contributed by atoms with E-state index in [2.05, 4.69) is 10.3 Å². The molecule has 1 aromatic heterocycles. The number of nitrogens with one attached hydrogen (secondary N) is 1. The van der Waals surface area contributed by atoms with Gasteiger partial charge in [-0.05, 0) is 36.2 Å². The van der Waals surface area contributed by atoms with Gasteiger partial charge in [0, 0.05) is 36.9 Å². The first-order valence-electron chi connectivity index (χ1n) is 9.51. The maximum atomic E-state index is 12.4. The van der Waals surface area contributed by atoms with Crippen LogP contribution in [0.1, 0.15) is 18.4 Å². The predicted molar refractivity (Wildman–Crippen MR) is 123 cm³/mol. The van der Waals surface area contributed by atoms with Crippen molar-refractivity contribution in [3.8, 4) is 5.69 Å². The number of anilines is 1. The molecule has 0 aliphatic carbocycles. The Bertz CT molecular complexity index is 1150. The molecule has 0 radical (unpaired) electrons. The standard InChI is InChI=1S/C21H22Cl2N4O3S/c1-31(29,30)27(20-13-17(22)8-9-18(20)23)11-4-7-21(28)25-14-16-5-2-3-6-19(16)26-12-10-24-15-26/h2-3,5-6,8-10,12-13,15H,4,7,11,14H2,1H3,(H,25,28). The van der Waals surface area contributed by atoms with E-state index < -0.39 is 10.0 Å². The SMILES string of the molecule is CS(=O)(=O)N(CCCC(=O)NCc1ccccc1-n1ccnc1)c1cc(Cl)ccc1Cl. The Morgan fingerprint density at radius 1 is 1.19 bits per heavy atom. The number of halogens is 2. The number of amides is 1. The number of carbonyl (C=O) groups excluding carboxylic acids is 1. The van der Waals surface area contributed by atoms with Crippen LogP contribution in [0, 0.1) is 0 Å². The summed E-state index contributed by atoms with van der Waals surface area (Å²) in [5.74, 6) is -0.175. The fraction of sp³-hybridized carbons (Fsp3) is 0.238. The fourth-order valence-electron chi connectivity index (χ4n) is 3.12. The monoisotopic (exact) mass is 480 g/mol. The summed E-state index contributed by atoms with van der Waals surface area (Å²) in [5, 5.41) is 3.54. The van der Waals surface area contributed by atoms with Crippen LogP contribution < -0.4 is 9.62 Å². The summed E-state index contributed by atoms with van der Waals surface area (Å²) in [6, 6.07) is 12.3. The second kappa shape index (κ2) is 10.2. The molecule has 164 valence electrons. The van der Waals surface area contributed by atoms with Crippen LogP contribution in [0.5, 0.6) is 0 Å². The van der Waals surface area contributed by atoms with Gasteiger partial charge < -0.3 is 9.88 Å². The molecule has 0 atom stereocenters. The highest BCUT2D eigenvalue weighted by atomic mass is 35.5. The summed E-state index contributed by atoms with van der Waals surface area (Å²) in [7, 11) is -3.59. The number of rotatable bonds is 9. The minimum absolute atomic E-state index is 0.109. The summed E-state index contributed by atoms with van der Waals surface area (Å²) < 4.78 is 27.5. The first-order valence-corrected chi connectivity index (χ1v) is 12.1. The van der Waals surface area contributed by atoms with Gasteiger partial charge in [0.25, 0.3) is 0 Å². The Morgan fingerprint density at radius 3 is 2.68 bits per heavy atom. The lowest BCUT2D eigenvalue weighted by Crippen LogP contribution is -2.32. The lowest BCUT2D eigenvalue weighted by Gasteiger charge is -2.23. The van der Waals surface area contributed by atoms with Gasteiger partial charge in [-0.25, -0.2) is 13.4 Å². The number of para-hydroxylation sites is 1. The second-order valence-corrected chi connectivity index (χ2v) is 9.66. The van der Waals surface area contributed by atoms with E-state index in [1.807, 2.05) is 35.0 Å². The molecule has 0 fully saturated rings. The largest absolute Gasteiger partial charge is 0.352 e. The molecule has 10 heteroatoms. The van der Waals surface area contributed by atoms with Crippen LogP contribution in [0.4, 0.5) is 5.69 Å². The Morgan fingerprint density at radius 2 is 1.97 bits per heavy atom. The number of aromatic nitrogens is 2. The van der Waals surface area contributed by atoms with Gasteiger partial charge in [-0.15, -0.1) is 0 Å². The summed E-state index contributed by atoms with van der Waals surface area (Å²) in [6.45, 7) is 0.459. The van der Waals surface area contributed by atoms with Crippen molar-refractivity contribution in [2.75, 3.05) is 17.1 Å². The number of hydrogen-bond donors (Lipinski definition) is 1. The van der Waals surface area contributed by atoms with Gasteiger partial charge in [0.1, 0.15) is 0 Å². The topological polar surface area (TPSA) is 84.3 Å². The van der Waals surface area contributed by atoms with Gasteiger partial charge in [0.15, 0.2) is 0 Å². The van der Waals surface area contributed by atoms with Gasteiger partial charge >= 0.3 is 0 Å². The smallest absolute Gasteiger partial charge is 0.232 e. The number of hydrogen-bond acceptors (Lipinski definition) is 4. The molecule has 31 heavy (non-hydrogen) atoms. The molecule has 1 heterocycles. The third-order valence-electron chi connectivity index (χ3n) is 4.59. The van der Waals surface area contributed by atoms with E-state index in [0.717, 1.165) is 17.5 Å². The molecule has 3 aromatic rings. The van der Waals surface area contributed by atoms with Crippen LogP contribution in [0.2, 0.25) is 10.0 Å². The first kappa shape index (κ1) is 23.1. The number of benzene rings is 2. The molecule has 0 saturated carbocycles. The van der Waals surface area contributed by atoms with Crippen molar-refractivity contribution < 1.29 is 13.2 Å². The zero-order chi connectivity index (χ0) is 22.4. The van der Waals surface area contributed by atoms with Crippen molar-refractivity contribution in [3.63, 3.8) is 0 Å². The molecule has 2 aromatic carbocycles. The Labute approximate surface area is 191 Å². The number of nitrogens with zero attached hydrogens (tertiary/aromatic N) is 3. The first-order chi connectivity index (χ1) is 14.8. The summed E-state index contributed by atoms with van der Waals surface area (Å²) in [4.78, 5) is 16.4. The maximum absolute atomic E-state index is 12.4. The van der Waals surface area contributed by atoms with Crippen molar-refractivity contribution in [1.29, 1.82) is 0 Å². The van der Waals surface area contributed by atoms with E-state index in [-0.39, 0.29) is 23.9 Å². The Kier molecular flexibility index (Phi) is 7.59. The van der Waals surface area contributed by atoms with Crippen molar-refractivity contribution >= 4 is 44.8 Å². The highest BCUT2D eigenvalue weighted by Gasteiger charge is 2.20. The Hall–Kier alpha value is -2.55. The molecular formula is C21H22Cl2N4O3S. The molecule has 0 spiro atoms. The van der Waals surface area contributed by atoms with Crippen LogP contribution in [0.3, 0.4) is 0 Å². The molecule has 0 unspecified atom stereocenters. The normalized spacial score (nSPS) is 11.3. The van der Waals surface area contributed by atoms with Crippen molar-refractivity contribution in [2.24, 2.45) is 0 Å². The van der Waals surface area contributed by atoms with Crippen LogP contribution in [-0.4, -0.2) is 36.7 Å². The minimum atomic E-state index is -3.59. The summed E-state index contributed by atoms with van der Waals surface area (Å²) >= 11 is 12.2. The summed E-state index contributed by atoms with van der Waals surface area (Å²) in [5.41, 5.74) is 2.17. The Balaban J connectivity index is 1.59. The number of imidazole rings is 1. The van der Waals surface area contributed by atoms with Crippen LogP contribution in [-0.2, 0) is 21.4 Å². The average Bonchev–Trinajstić information content (AvgIpc) is 3.26. The second-order valence-electron chi connectivity index (χ2n) is 6.91. The average molecular weight is 481 g/mol. The highest BCUT2D eigenvalue weighted by molar-refractivity contribution is 7.92. The van der Waals surface area contributed by atoms with Crippen molar-refractivity contribution in [3.05, 3.63) is 76.8 Å². The van der Waals surface area contributed by atoms with Gasteiger partial charge in [-0.3, -0.25) is 9.10 Å². The molecule has 7 nitrogen and oxygen atoms in total. The minimum Gasteiger partial charge on any atom is -0.352 e. The third-order valence-corrected chi connectivity index (χ3v) is 6.33. The molecule has 3 rings (SSSR count). The van der Waals surface area contributed by atoms with E-state index in [9.17, 15) is 13.2 Å². The third kappa shape index (κ3) is 6.22. The van der Waals surface area contributed by atoms with Gasteiger partial charge in [-0.1, -0.05) is 41.4 Å². The van der Waals surface area contributed by atoms with Crippen LogP contribution >= 0.6 is 23.2 Å². The van der Waals surface area contributed by atoms with E-state index in [1.54, 1.807) is 24.7 Å². The van der Waals surface area contributed by atoms with Gasteiger partial charge in [-0.2, -0.15) is 0 Å². The van der Waals surface area contributed by atoms with Gasteiger partial charge in [0.2, 0.25) is 15.9 Å². The zero-order valence-electron chi connectivity index (χ0n) is 16.8. The number of sulfonamides is 1. The molecule has 0 saturated heterocycles. The lowest BCUT2D eigenvalue weighted by atomic mass is 10.1. The van der Waals surface area contributed by atoms with Crippen molar-refractivity contribution in [2.45, 2.75) is 19.4 Å².